The van der Waals surface area contributed by atoms with Crippen molar-refractivity contribution in [2.45, 2.75) is 32.1 Å². The highest BCUT2D eigenvalue weighted by atomic mass is 16.5. The topological polar surface area (TPSA) is 89.8 Å². The van der Waals surface area contributed by atoms with Gasteiger partial charge in [0.25, 0.3) is 5.91 Å². The van der Waals surface area contributed by atoms with Crippen LogP contribution in [0.25, 0.3) is 0 Å². The maximum absolute atomic E-state index is 13.2. The molecule has 0 N–H and O–H groups in total. The maximum Gasteiger partial charge on any atom is 0.276 e. The molecule has 2 aliphatic heterocycles. The van der Waals surface area contributed by atoms with Crippen molar-refractivity contribution in [2.24, 2.45) is 0 Å². The number of piperazine rings is 1. The van der Waals surface area contributed by atoms with Crippen molar-refractivity contribution >= 4 is 11.8 Å². The van der Waals surface area contributed by atoms with Gasteiger partial charge in [0.2, 0.25) is 5.91 Å². The zero-order valence-electron chi connectivity index (χ0n) is 19.8. The van der Waals surface area contributed by atoms with Gasteiger partial charge in [0, 0.05) is 32.6 Å². The minimum Gasteiger partial charge on any atom is -0.497 e. The highest BCUT2D eigenvalue weighted by Crippen LogP contribution is 2.27. The Morgan fingerprint density at radius 2 is 1.80 bits per heavy atom. The van der Waals surface area contributed by atoms with E-state index in [-0.39, 0.29) is 24.5 Å². The van der Waals surface area contributed by atoms with Crippen LogP contribution in [0.2, 0.25) is 0 Å². The smallest absolute Gasteiger partial charge is 0.276 e. The highest BCUT2D eigenvalue weighted by Gasteiger charge is 2.31. The largest absolute Gasteiger partial charge is 0.497 e. The van der Waals surface area contributed by atoms with Gasteiger partial charge in [0.15, 0.2) is 5.69 Å². The molecule has 5 rings (SSSR count). The summed E-state index contributed by atoms with van der Waals surface area (Å²) in [4.78, 5) is 29.5. The lowest BCUT2D eigenvalue weighted by Crippen LogP contribution is -2.50. The quantitative estimate of drug-likeness (QED) is 0.544. The van der Waals surface area contributed by atoms with E-state index in [2.05, 4.69) is 10.3 Å². The van der Waals surface area contributed by atoms with Crippen LogP contribution in [0, 0.1) is 0 Å². The summed E-state index contributed by atoms with van der Waals surface area (Å²) in [5, 5.41) is 8.41. The first-order valence-corrected chi connectivity index (χ1v) is 11.9. The first-order chi connectivity index (χ1) is 17.1. The van der Waals surface area contributed by atoms with E-state index < -0.39 is 0 Å². The number of carbonyl (C=O) groups is 2. The summed E-state index contributed by atoms with van der Waals surface area (Å²) in [5.74, 6) is 0.733. The summed E-state index contributed by atoms with van der Waals surface area (Å²) in [7, 11) is 1.63. The third-order valence-electron chi connectivity index (χ3n) is 6.65. The second-order valence-corrected chi connectivity index (χ2v) is 8.80. The van der Waals surface area contributed by atoms with Gasteiger partial charge < -0.3 is 19.3 Å². The second kappa shape index (κ2) is 10.3. The van der Waals surface area contributed by atoms with Crippen LogP contribution in [0.3, 0.4) is 0 Å². The Hall–Kier alpha value is -3.72. The number of fused-ring (bicyclic) bond motifs is 1. The van der Waals surface area contributed by atoms with E-state index in [1.54, 1.807) is 16.7 Å². The third-order valence-corrected chi connectivity index (χ3v) is 6.65. The van der Waals surface area contributed by atoms with Crippen LogP contribution in [0.5, 0.6) is 5.75 Å². The second-order valence-electron chi connectivity index (χ2n) is 8.80. The van der Waals surface area contributed by atoms with Gasteiger partial charge in [-0.25, -0.2) is 4.68 Å². The number of carbonyl (C=O) groups excluding carboxylic acids is 2. The normalized spacial score (nSPS) is 17.7. The van der Waals surface area contributed by atoms with Gasteiger partial charge in [-0.3, -0.25) is 9.59 Å². The molecule has 2 aliphatic rings. The predicted molar refractivity (Wildman–Crippen MR) is 128 cm³/mol. The predicted octanol–water partition coefficient (Wildman–Crippen LogP) is 2.48. The molecular formula is C26H29N5O4. The number of nitrogens with zero attached hydrogens (tertiary/aromatic N) is 5. The van der Waals surface area contributed by atoms with Gasteiger partial charge in [0.1, 0.15) is 11.9 Å². The molecule has 0 bridgehead atoms. The molecule has 0 saturated carbocycles. The van der Waals surface area contributed by atoms with Crippen LogP contribution in [-0.2, 0) is 29.1 Å². The van der Waals surface area contributed by atoms with Crippen LogP contribution < -0.4 is 4.74 Å². The SMILES string of the molecule is COc1cccc(CCC(=O)N2CCN(C(=O)c3nnn4c3COC(c3ccccc3)C4)CC2)c1. The summed E-state index contributed by atoms with van der Waals surface area (Å²) in [6.07, 6.45) is 0.977. The number of methoxy groups -OCH3 is 1. The van der Waals surface area contributed by atoms with Crippen molar-refractivity contribution in [1.29, 1.82) is 0 Å². The van der Waals surface area contributed by atoms with Crippen LogP contribution >= 0.6 is 0 Å². The molecular weight excluding hydrogens is 446 g/mol. The van der Waals surface area contributed by atoms with Crippen LogP contribution in [0.4, 0.5) is 0 Å². The van der Waals surface area contributed by atoms with Gasteiger partial charge in [-0.2, -0.15) is 0 Å². The summed E-state index contributed by atoms with van der Waals surface area (Å²) < 4.78 is 13.0. The fourth-order valence-electron chi connectivity index (χ4n) is 4.59. The van der Waals surface area contributed by atoms with E-state index in [1.165, 1.54) is 0 Å². The molecule has 1 aromatic heterocycles. The molecule has 9 nitrogen and oxygen atoms in total. The average Bonchev–Trinajstić information content (AvgIpc) is 3.35. The number of rotatable bonds is 6. The molecule has 1 atom stereocenters. The molecule has 0 radical (unpaired) electrons. The molecule has 9 heteroatoms. The molecule has 35 heavy (non-hydrogen) atoms. The van der Waals surface area contributed by atoms with Gasteiger partial charge in [-0.1, -0.05) is 47.7 Å². The maximum atomic E-state index is 13.2. The number of aryl methyl sites for hydroxylation is 1. The molecule has 0 aliphatic carbocycles. The Labute approximate surface area is 204 Å². The van der Waals surface area contributed by atoms with Gasteiger partial charge in [-0.05, 0) is 29.7 Å². The van der Waals surface area contributed by atoms with Gasteiger partial charge >= 0.3 is 0 Å². The summed E-state index contributed by atoms with van der Waals surface area (Å²) in [5.41, 5.74) is 3.20. The molecule has 3 aromatic rings. The Kier molecular flexibility index (Phi) is 6.76. The summed E-state index contributed by atoms with van der Waals surface area (Å²) in [6.45, 7) is 2.79. The third kappa shape index (κ3) is 5.05. The highest BCUT2D eigenvalue weighted by molar-refractivity contribution is 5.93. The van der Waals surface area contributed by atoms with E-state index >= 15 is 0 Å². The number of aromatic nitrogens is 3. The number of hydrogen-bond donors (Lipinski definition) is 0. The Morgan fingerprint density at radius 1 is 1.03 bits per heavy atom. The lowest BCUT2D eigenvalue weighted by Gasteiger charge is -2.34. The van der Waals surface area contributed by atoms with Crippen molar-refractivity contribution in [3.8, 4) is 5.75 Å². The fraction of sp³-hybridized carbons (Fsp3) is 0.385. The Morgan fingerprint density at radius 3 is 2.57 bits per heavy atom. The van der Waals surface area contributed by atoms with Crippen molar-refractivity contribution in [1.82, 2.24) is 24.8 Å². The minimum atomic E-state index is -0.156. The van der Waals surface area contributed by atoms with E-state index in [0.717, 1.165) is 16.9 Å². The number of benzene rings is 2. The zero-order valence-corrected chi connectivity index (χ0v) is 19.8. The summed E-state index contributed by atoms with van der Waals surface area (Å²) in [6, 6.07) is 17.8. The van der Waals surface area contributed by atoms with Crippen LogP contribution in [0.1, 0.15) is 39.8 Å². The standard InChI is InChI=1S/C26H29N5O4/c1-34-21-9-5-6-19(16-21)10-11-24(32)29-12-14-30(15-13-29)26(33)25-22-18-35-23(17-31(22)28-27-25)20-7-3-2-4-8-20/h2-9,16,23H,10-15,17-18H2,1H3. The minimum absolute atomic E-state index is 0.0984. The van der Waals surface area contributed by atoms with Crippen molar-refractivity contribution in [2.75, 3.05) is 33.3 Å². The number of amides is 2. The van der Waals surface area contributed by atoms with Crippen molar-refractivity contribution in [3.05, 3.63) is 77.1 Å². The van der Waals surface area contributed by atoms with Crippen molar-refractivity contribution < 1.29 is 19.1 Å². The molecule has 0 spiro atoms. The zero-order chi connectivity index (χ0) is 24.2. The molecule has 2 aromatic carbocycles. The van der Waals surface area contributed by atoms with Crippen LogP contribution in [0.15, 0.2) is 54.6 Å². The number of ether oxygens (including phenoxy) is 2. The molecule has 1 unspecified atom stereocenters. The molecule has 3 heterocycles. The Bertz CT molecular complexity index is 1190. The Balaban J connectivity index is 1.14. The molecule has 182 valence electrons. The van der Waals surface area contributed by atoms with E-state index in [1.807, 2.05) is 59.5 Å². The molecule has 2 amide bonds. The summed E-state index contributed by atoms with van der Waals surface area (Å²) >= 11 is 0. The van der Waals surface area contributed by atoms with Gasteiger partial charge in [-0.15, -0.1) is 5.10 Å². The lowest BCUT2D eigenvalue weighted by atomic mass is 10.1. The van der Waals surface area contributed by atoms with Crippen molar-refractivity contribution in [3.63, 3.8) is 0 Å². The number of hydrogen-bond acceptors (Lipinski definition) is 6. The van der Waals surface area contributed by atoms with E-state index in [9.17, 15) is 9.59 Å². The molecule has 1 saturated heterocycles. The lowest BCUT2D eigenvalue weighted by molar-refractivity contribution is -0.132. The first kappa shape index (κ1) is 23.0. The fourth-order valence-corrected chi connectivity index (χ4v) is 4.59. The van der Waals surface area contributed by atoms with E-state index in [0.29, 0.717) is 57.0 Å². The first-order valence-electron chi connectivity index (χ1n) is 11.9. The van der Waals surface area contributed by atoms with Gasteiger partial charge in [0.05, 0.1) is 26.0 Å². The molecule has 1 fully saturated rings. The van der Waals surface area contributed by atoms with E-state index in [4.69, 9.17) is 9.47 Å². The van der Waals surface area contributed by atoms with Crippen LogP contribution in [-0.4, -0.2) is 69.9 Å². The average molecular weight is 476 g/mol. The monoisotopic (exact) mass is 475 g/mol.